The molecule has 0 saturated heterocycles. The Balaban J connectivity index is 1.85. The lowest BCUT2D eigenvalue weighted by Gasteiger charge is -2.00. The third-order valence-corrected chi connectivity index (χ3v) is 1.91. The standard InChI is InChI=1S/C9H9N3O3/c13-8-4-7(11-12-8)9(14)10-5-6-2-1-3-15-6/h1-3H,4-5H2,(H,10,14)(H,12,13). The second kappa shape index (κ2) is 3.95. The first kappa shape index (κ1) is 9.45. The molecule has 0 radical (unpaired) electrons. The second-order valence-electron chi connectivity index (χ2n) is 3.03. The molecule has 2 rings (SSSR count). The van der Waals surface area contributed by atoms with E-state index < -0.39 is 0 Å². The Hall–Kier alpha value is -2.11. The predicted octanol–water partition coefficient (Wildman–Crippen LogP) is -0.228. The summed E-state index contributed by atoms with van der Waals surface area (Å²) in [5.74, 6) is 0.0316. The SMILES string of the molecule is O=C1CC(C(=O)NCc2ccco2)=NN1. The van der Waals surface area contributed by atoms with Crippen molar-refractivity contribution in [3.8, 4) is 0 Å². The fraction of sp³-hybridized carbons (Fsp3) is 0.222. The quantitative estimate of drug-likeness (QED) is 0.718. The average molecular weight is 207 g/mol. The molecule has 0 bridgehead atoms. The maximum Gasteiger partial charge on any atom is 0.268 e. The summed E-state index contributed by atoms with van der Waals surface area (Å²) in [6.07, 6.45) is 1.56. The molecule has 78 valence electrons. The van der Waals surface area contributed by atoms with Gasteiger partial charge >= 0.3 is 0 Å². The molecular weight excluding hydrogens is 198 g/mol. The monoisotopic (exact) mass is 207 g/mol. The maximum atomic E-state index is 11.4. The number of carbonyl (C=O) groups is 2. The molecule has 6 nitrogen and oxygen atoms in total. The van der Waals surface area contributed by atoms with Gasteiger partial charge in [0.15, 0.2) is 0 Å². The zero-order valence-corrected chi connectivity index (χ0v) is 7.82. The Morgan fingerprint density at radius 2 is 2.53 bits per heavy atom. The van der Waals surface area contributed by atoms with E-state index >= 15 is 0 Å². The molecular formula is C9H9N3O3. The van der Waals surface area contributed by atoms with Gasteiger partial charge in [0.05, 0.1) is 19.2 Å². The number of rotatable bonds is 3. The van der Waals surface area contributed by atoms with Crippen molar-refractivity contribution in [1.29, 1.82) is 0 Å². The molecule has 0 aromatic carbocycles. The number of hydrazone groups is 1. The number of amides is 2. The van der Waals surface area contributed by atoms with Crippen LogP contribution < -0.4 is 10.7 Å². The summed E-state index contributed by atoms with van der Waals surface area (Å²) in [6, 6.07) is 3.49. The largest absolute Gasteiger partial charge is 0.467 e. The first-order chi connectivity index (χ1) is 7.25. The smallest absolute Gasteiger partial charge is 0.268 e. The van der Waals surface area contributed by atoms with Gasteiger partial charge in [0.25, 0.3) is 5.91 Å². The number of nitrogens with zero attached hydrogens (tertiary/aromatic N) is 1. The summed E-state index contributed by atoms with van der Waals surface area (Å²) in [5, 5.41) is 6.18. The van der Waals surface area contributed by atoms with Gasteiger partial charge in [0, 0.05) is 0 Å². The van der Waals surface area contributed by atoms with Gasteiger partial charge in [-0.1, -0.05) is 0 Å². The Bertz CT molecular complexity index is 408. The van der Waals surface area contributed by atoms with Gasteiger partial charge in [0.1, 0.15) is 11.5 Å². The Labute approximate surface area is 85.3 Å². The molecule has 1 aliphatic heterocycles. The van der Waals surface area contributed by atoms with Crippen molar-refractivity contribution in [3.63, 3.8) is 0 Å². The van der Waals surface area contributed by atoms with Gasteiger partial charge in [-0.25, -0.2) is 5.43 Å². The van der Waals surface area contributed by atoms with Crippen LogP contribution in [0.2, 0.25) is 0 Å². The van der Waals surface area contributed by atoms with Crippen LogP contribution in [0.5, 0.6) is 0 Å². The van der Waals surface area contributed by atoms with E-state index in [0.29, 0.717) is 12.3 Å². The van der Waals surface area contributed by atoms with Crippen LogP contribution in [0.25, 0.3) is 0 Å². The van der Waals surface area contributed by atoms with Crippen LogP contribution in [0, 0.1) is 0 Å². The van der Waals surface area contributed by atoms with E-state index in [1.807, 2.05) is 0 Å². The molecule has 0 aliphatic carbocycles. The minimum Gasteiger partial charge on any atom is -0.467 e. The highest BCUT2D eigenvalue weighted by Gasteiger charge is 2.20. The van der Waals surface area contributed by atoms with E-state index in [0.717, 1.165) is 0 Å². The Morgan fingerprint density at radius 3 is 3.13 bits per heavy atom. The first-order valence-corrected chi connectivity index (χ1v) is 4.41. The fourth-order valence-corrected chi connectivity index (χ4v) is 1.17. The van der Waals surface area contributed by atoms with Gasteiger partial charge in [-0.3, -0.25) is 9.59 Å². The van der Waals surface area contributed by atoms with Crippen molar-refractivity contribution in [1.82, 2.24) is 10.7 Å². The normalized spacial score (nSPS) is 14.7. The summed E-state index contributed by atoms with van der Waals surface area (Å²) in [6.45, 7) is 0.291. The number of carbonyl (C=O) groups excluding carboxylic acids is 2. The van der Waals surface area contributed by atoms with E-state index in [-0.39, 0.29) is 23.9 Å². The lowest BCUT2D eigenvalue weighted by atomic mass is 10.2. The molecule has 0 fully saturated rings. The topological polar surface area (TPSA) is 83.7 Å². The molecule has 1 aromatic heterocycles. The van der Waals surface area contributed by atoms with Gasteiger partial charge in [-0.2, -0.15) is 5.10 Å². The van der Waals surface area contributed by atoms with Gasteiger partial charge < -0.3 is 9.73 Å². The van der Waals surface area contributed by atoms with Crippen molar-refractivity contribution in [2.75, 3.05) is 0 Å². The van der Waals surface area contributed by atoms with Gasteiger partial charge in [0.2, 0.25) is 5.91 Å². The highest BCUT2D eigenvalue weighted by Crippen LogP contribution is 2.00. The summed E-state index contributed by atoms with van der Waals surface area (Å²) in [5.41, 5.74) is 2.41. The molecule has 0 unspecified atom stereocenters. The zero-order chi connectivity index (χ0) is 10.7. The molecule has 2 amide bonds. The first-order valence-electron chi connectivity index (χ1n) is 4.41. The van der Waals surface area contributed by atoms with E-state index in [4.69, 9.17) is 4.42 Å². The number of nitrogens with one attached hydrogen (secondary N) is 2. The Morgan fingerprint density at radius 1 is 1.67 bits per heavy atom. The number of hydrogen-bond donors (Lipinski definition) is 2. The van der Waals surface area contributed by atoms with Gasteiger partial charge in [-0.15, -0.1) is 0 Å². The number of hydrogen-bond acceptors (Lipinski definition) is 4. The van der Waals surface area contributed by atoms with Crippen LogP contribution in [-0.4, -0.2) is 17.5 Å². The summed E-state index contributed by atoms with van der Waals surface area (Å²) < 4.78 is 5.03. The van der Waals surface area contributed by atoms with Crippen molar-refractivity contribution in [3.05, 3.63) is 24.2 Å². The highest BCUT2D eigenvalue weighted by molar-refractivity contribution is 6.43. The highest BCUT2D eigenvalue weighted by atomic mass is 16.3. The summed E-state index contributed by atoms with van der Waals surface area (Å²) in [4.78, 5) is 22.2. The average Bonchev–Trinajstić information content (AvgIpc) is 2.84. The van der Waals surface area contributed by atoms with Crippen LogP contribution in [0.15, 0.2) is 27.9 Å². The third-order valence-electron chi connectivity index (χ3n) is 1.91. The minimum absolute atomic E-state index is 0.0317. The molecule has 2 N–H and O–H groups in total. The maximum absolute atomic E-state index is 11.4. The lowest BCUT2D eigenvalue weighted by Crippen LogP contribution is -2.29. The molecule has 1 aromatic rings. The fourth-order valence-electron chi connectivity index (χ4n) is 1.17. The predicted molar refractivity (Wildman–Crippen MR) is 50.7 cm³/mol. The van der Waals surface area contributed by atoms with Crippen LogP contribution in [0.4, 0.5) is 0 Å². The van der Waals surface area contributed by atoms with Crippen molar-refractivity contribution in [2.24, 2.45) is 5.10 Å². The van der Waals surface area contributed by atoms with Crippen LogP contribution >= 0.6 is 0 Å². The van der Waals surface area contributed by atoms with Crippen LogP contribution in [-0.2, 0) is 16.1 Å². The van der Waals surface area contributed by atoms with Crippen LogP contribution in [0.1, 0.15) is 12.2 Å². The third kappa shape index (κ3) is 2.22. The van der Waals surface area contributed by atoms with E-state index in [1.165, 1.54) is 6.26 Å². The summed E-state index contributed by atoms with van der Waals surface area (Å²) >= 11 is 0. The molecule has 1 aliphatic rings. The van der Waals surface area contributed by atoms with E-state index in [2.05, 4.69) is 15.8 Å². The van der Waals surface area contributed by atoms with Crippen molar-refractivity contribution >= 4 is 17.5 Å². The molecule has 6 heteroatoms. The molecule has 0 spiro atoms. The van der Waals surface area contributed by atoms with Gasteiger partial charge in [-0.05, 0) is 12.1 Å². The molecule has 2 heterocycles. The zero-order valence-electron chi connectivity index (χ0n) is 7.82. The number of furan rings is 1. The lowest BCUT2D eigenvalue weighted by molar-refractivity contribution is -0.120. The van der Waals surface area contributed by atoms with E-state index in [1.54, 1.807) is 12.1 Å². The molecule has 15 heavy (non-hydrogen) atoms. The minimum atomic E-state index is -0.357. The second-order valence-corrected chi connectivity index (χ2v) is 3.03. The Kier molecular flexibility index (Phi) is 2.49. The molecule has 0 atom stereocenters. The summed E-state index contributed by atoms with van der Waals surface area (Å²) in [7, 11) is 0. The van der Waals surface area contributed by atoms with Crippen molar-refractivity contribution < 1.29 is 14.0 Å². The van der Waals surface area contributed by atoms with Crippen LogP contribution in [0.3, 0.4) is 0 Å². The van der Waals surface area contributed by atoms with Crippen molar-refractivity contribution in [2.45, 2.75) is 13.0 Å². The van der Waals surface area contributed by atoms with E-state index in [9.17, 15) is 9.59 Å². The molecule has 0 saturated carbocycles.